The largest absolute Gasteiger partial charge is 0.497 e. The molecule has 0 spiro atoms. The van der Waals surface area contributed by atoms with E-state index in [2.05, 4.69) is 30.4 Å². The lowest BCUT2D eigenvalue weighted by atomic mass is 10.1. The van der Waals surface area contributed by atoms with Gasteiger partial charge in [-0.05, 0) is 38.5 Å². The minimum Gasteiger partial charge on any atom is -0.497 e. The van der Waals surface area contributed by atoms with Crippen molar-refractivity contribution in [3.63, 3.8) is 0 Å². The maximum atomic E-state index is 12.5. The SMILES string of the molecule is CCOC(=O)c1sc2nc(-c3cc(OC)cc(OC)c3)c(NCc3cccc(C)c3)n2c1C. The van der Waals surface area contributed by atoms with E-state index >= 15 is 0 Å². The van der Waals surface area contributed by atoms with E-state index in [4.69, 9.17) is 19.2 Å². The zero-order chi connectivity index (χ0) is 23.5. The molecule has 1 N–H and O–H groups in total. The predicted octanol–water partition coefficient (Wildman–Crippen LogP) is 5.49. The van der Waals surface area contributed by atoms with Crippen molar-refractivity contribution in [1.29, 1.82) is 0 Å². The first kappa shape index (κ1) is 22.7. The van der Waals surface area contributed by atoms with Gasteiger partial charge in [-0.1, -0.05) is 41.2 Å². The summed E-state index contributed by atoms with van der Waals surface area (Å²) in [6.45, 7) is 6.71. The molecule has 0 aliphatic carbocycles. The Labute approximate surface area is 196 Å². The number of aromatic nitrogens is 2. The number of thiazole rings is 1. The van der Waals surface area contributed by atoms with Crippen LogP contribution >= 0.6 is 11.3 Å². The molecule has 4 rings (SSSR count). The maximum Gasteiger partial charge on any atom is 0.350 e. The van der Waals surface area contributed by atoms with Crippen LogP contribution in [0.25, 0.3) is 16.2 Å². The lowest BCUT2D eigenvalue weighted by molar-refractivity contribution is 0.0531. The van der Waals surface area contributed by atoms with Gasteiger partial charge in [-0.25, -0.2) is 9.78 Å². The van der Waals surface area contributed by atoms with Gasteiger partial charge in [-0.2, -0.15) is 0 Å². The number of methoxy groups -OCH3 is 2. The van der Waals surface area contributed by atoms with Gasteiger partial charge in [-0.15, -0.1) is 0 Å². The molecule has 4 aromatic rings. The number of imidazole rings is 1. The summed E-state index contributed by atoms with van der Waals surface area (Å²) in [5, 5.41) is 3.55. The highest BCUT2D eigenvalue weighted by molar-refractivity contribution is 7.19. The summed E-state index contributed by atoms with van der Waals surface area (Å²) in [5.41, 5.74) is 4.74. The highest BCUT2D eigenvalue weighted by Gasteiger charge is 2.24. The number of esters is 1. The van der Waals surface area contributed by atoms with E-state index < -0.39 is 0 Å². The number of hydrogen-bond acceptors (Lipinski definition) is 7. The molecular formula is C25H27N3O4S. The van der Waals surface area contributed by atoms with Crippen LogP contribution in [0.5, 0.6) is 11.5 Å². The number of fused-ring (bicyclic) bond motifs is 1. The molecule has 0 unspecified atom stereocenters. The highest BCUT2D eigenvalue weighted by Crippen LogP contribution is 2.38. The Morgan fingerprint density at radius 2 is 1.82 bits per heavy atom. The van der Waals surface area contributed by atoms with Crippen molar-refractivity contribution in [3.8, 4) is 22.8 Å². The van der Waals surface area contributed by atoms with Crippen LogP contribution in [0.2, 0.25) is 0 Å². The summed E-state index contributed by atoms with van der Waals surface area (Å²) in [5.74, 6) is 1.81. The first-order valence-electron chi connectivity index (χ1n) is 10.7. The smallest absolute Gasteiger partial charge is 0.350 e. The summed E-state index contributed by atoms with van der Waals surface area (Å²) >= 11 is 1.32. The lowest BCUT2D eigenvalue weighted by Crippen LogP contribution is -2.07. The van der Waals surface area contributed by atoms with E-state index in [1.54, 1.807) is 21.1 Å². The molecule has 0 radical (unpaired) electrons. The van der Waals surface area contributed by atoms with Crippen molar-refractivity contribution in [1.82, 2.24) is 9.38 Å². The Bertz CT molecular complexity index is 1290. The van der Waals surface area contributed by atoms with E-state index in [9.17, 15) is 4.79 Å². The monoisotopic (exact) mass is 465 g/mol. The highest BCUT2D eigenvalue weighted by atomic mass is 32.1. The molecule has 0 aliphatic rings. The van der Waals surface area contributed by atoms with Gasteiger partial charge in [-0.3, -0.25) is 4.40 Å². The average Bonchev–Trinajstić information content (AvgIpc) is 3.34. The van der Waals surface area contributed by atoms with Crippen LogP contribution in [0, 0.1) is 13.8 Å². The van der Waals surface area contributed by atoms with Crippen LogP contribution in [0.15, 0.2) is 42.5 Å². The number of ether oxygens (including phenoxy) is 3. The number of carbonyl (C=O) groups is 1. The van der Waals surface area contributed by atoms with Crippen molar-refractivity contribution < 1.29 is 19.0 Å². The van der Waals surface area contributed by atoms with Gasteiger partial charge < -0.3 is 19.5 Å². The lowest BCUT2D eigenvalue weighted by Gasteiger charge is -2.12. The van der Waals surface area contributed by atoms with Gasteiger partial charge in [0.05, 0.1) is 20.8 Å². The second kappa shape index (κ2) is 9.54. The van der Waals surface area contributed by atoms with E-state index in [-0.39, 0.29) is 5.97 Å². The van der Waals surface area contributed by atoms with Crippen molar-refractivity contribution in [2.24, 2.45) is 0 Å². The van der Waals surface area contributed by atoms with Gasteiger partial charge in [0.15, 0.2) is 4.96 Å². The third kappa shape index (κ3) is 4.52. The fourth-order valence-electron chi connectivity index (χ4n) is 3.75. The maximum absolute atomic E-state index is 12.5. The number of aryl methyl sites for hydroxylation is 2. The molecule has 0 aliphatic heterocycles. The number of benzene rings is 2. The average molecular weight is 466 g/mol. The zero-order valence-electron chi connectivity index (χ0n) is 19.4. The molecule has 33 heavy (non-hydrogen) atoms. The van der Waals surface area contributed by atoms with Crippen LogP contribution in [-0.4, -0.2) is 36.2 Å². The molecule has 0 amide bonds. The molecule has 2 heterocycles. The van der Waals surface area contributed by atoms with Crippen molar-refractivity contribution in [2.45, 2.75) is 27.3 Å². The predicted molar refractivity (Wildman–Crippen MR) is 131 cm³/mol. The summed E-state index contributed by atoms with van der Waals surface area (Å²) in [7, 11) is 3.24. The number of hydrogen-bond donors (Lipinski definition) is 1. The number of rotatable bonds is 8. The quantitative estimate of drug-likeness (QED) is 0.347. The second-order valence-corrected chi connectivity index (χ2v) is 8.59. The summed E-state index contributed by atoms with van der Waals surface area (Å²) in [4.78, 5) is 18.6. The van der Waals surface area contributed by atoms with Crippen molar-refractivity contribution in [2.75, 3.05) is 26.1 Å². The normalized spacial score (nSPS) is 10.9. The Kier molecular flexibility index (Phi) is 6.55. The van der Waals surface area contributed by atoms with E-state index in [1.165, 1.54) is 16.9 Å². The van der Waals surface area contributed by atoms with Crippen LogP contribution in [0.4, 0.5) is 5.82 Å². The van der Waals surface area contributed by atoms with Gasteiger partial charge in [0.25, 0.3) is 0 Å². The molecule has 7 nitrogen and oxygen atoms in total. The molecule has 0 fully saturated rings. The number of nitrogens with zero attached hydrogens (tertiary/aromatic N) is 2. The summed E-state index contributed by atoms with van der Waals surface area (Å²) < 4.78 is 18.2. The van der Waals surface area contributed by atoms with Gasteiger partial charge in [0.2, 0.25) is 0 Å². The molecule has 0 saturated carbocycles. The first-order chi connectivity index (χ1) is 15.9. The van der Waals surface area contributed by atoms with E-state index in [1.807, 2.05) is 35.6 Å². The van der Waals surface area contributed by atoms with Gasteiger partial charge in [0.1, 0.15) is 27.9 Å². The molecule has 0 bridgehead atoms. The molecular weight excluding hydrogens is 438 g/mol. The molecule has 2 aromatic carbocycles. The summed E-state index contributed by atoms with van der Waals surface area (Å²) in [6, 6.07) is 14.0. The molecule has 0 atom stereocenters. The van der Waals surface area contributed by atoms with E-state index in [0.29, 0.717) is 34.5 Å². The number of carbonyl (C=O) groups excluding carboxylic acids is 1. The third-order valence-corrected chi connectivity index (χ3v) is 6.45. The Balaban J connectivity index is 1.85. The molecule has 8 heteroatoms. The zero-order valence-corrected chi connectivity index (χ0v) is 20.2. The minimum absolute atomic E-state index is 0.325. The van der Waals surface area contributed by atoms with E-state index in [0.717, 1.165) is 28.3 Å². The van der Waals surface area contributed by atoms with Crippen LogP contribution in [0.1, 0.15) is 33.4 Å². The standard InChI is InChI=1S/C25H27N3O4S/c1-6-32-24(29)22-16(3)28-23(26-14-17-9-7-8-15(2)10-17)21(27-25(28)33-22)18-11-19(30-4)13-20(12-18)31-5/h7-13,26H,6,14H2,1-5H3. The van der Waals surface area contributed by atoms with Crippen LogP contribution < -0.4 is 14.8 Å². The summed E-state index contributed by atoms with van der Waals surface area (Å²) in [6.07, 6.45) is 0. The number of nitrogens with one attached hydrogen (secondary N) is 1. The van der Waals surface area contributed by atoms with Crippen LogP contribution in [0.3, 0.4) is 0 Å². The minimum atomic E-state index is -0.334. The van der Waals surface area contributed by atoms with Crippen molar-refractivity contribution >= 4 is 28.1 Å². The molecule has 172 valence electrons. The topological polar surface area (TPSA) is 74.1 Å². The fourth-order valence-corrected chi connectivity index (χ4v) is 4.77. The fraction of sp³-hybridized carbons (Fsp3) is 0.280. The molecule has 2 aromatic heterocycles. The first-order valence-corrected chi connectivity index (χ1v) is 11.5. The number of anilines is 1. The van der Waals surface area contributed by atoms with Gasteiger partial charge >= 0.3 is 5.97 Å². The Hall–Kier alpha value is -3.52. The van der Waals surface area contributed by atoms with Crippen LogP contribution in [-0.2, 0) is 11.3 Å². The third-order valence-electron chi connectivity index (χ3n) is 5.33. The second-order valence-electron chi connectivity index (χ2n) is 7.61. The Morgan fingerprint density at radius 3 is 2.45 bits per heavy atom. The molecule has 0 saturated heterocycles. The Morgan fingerprint density at radius 1 is 1.09 bits per heavy atom. The van der Waals surface area contributed by atoms with Crippen molar-refractivity contribution in [3.05, 3.63) is 64.2 Å². The van der Waals surface area contributed by atoms with Gasteiger partial charge in [0, 0.05) is 23.9 Å².